The number of likely N-dealkylation sites (tertiary alicyclic amines) is 1. The third-order valence-corrected chi connectivity index (χ3v) is 7.16. The number of nitrogens with one attached hydrogen (secondary N) is 1. The second-order valence-electron chi connectivity index (χ2n) is 10.2. The minimum Gasteiger partial charge on any atom is -0.341 e. The van der Waals surface area contributed by atoms with Crippen LogP contribution >= 0.6 is 0 Å². The second-order valence-corrected chi connectivity index (χ2v) is 10.2. The van der Waals surface area contributed by atoms with E-state index in [4.69, 9.17) is 0 Å². The maximum absolute atomic E-state index is 14.0. The van der Waals surface area contributed by atoms with E-state index in [0.29, 0.717) is 25.2 Å². The first-order valence-corrected chi connectivity index (χ1v) is 12.7. The number of halogens is 3. The van der Waals surface area contributed by atoms with Gasteiger partial charge in [-0.1, -0.05) is 38.1 Å². The van der Waals surface area contributed by atoms with E-state index in [-0.39, 0.29) is 36.1 Å². The van der Waals surface area contributed by atoms with Crippen LogP contribution in [0.2, 0.25) is 0 Å². The molecule has 0 aliphatic carbocycles. The van der Waals surface area contributed by atoms with Crippen molar-refractivity contribution >= 4 is 17.8 Å². The maximum Gasteiger partial charge on any atom is 0.416 e. The minimum absolute atomic E-state index is 0.0307. The number of piperidine rings is 1. The van der Waals surface area contributed by atoms with Crippen LogP contribution in [-0.2, 0) is 15.8 Å². The number of urea groups is 1. The van der Waals surface area contributed by atoms with Gasteiger partial charge in [-0.25, -0.2) is 4.79 Å². The lowest BCUT2D eigenvalue weighted by atomic mass is 9.91. The molecule has 7 nitrogen and oxygen atoms in total. The molecule has 0 saturated carbocycles. The van der Waals surface area contributed by atoms with Crippen molar-refractivity contribution in [1.29, 1.82) is 0 Å². The Bertz CT molecular complexity index is 1110. The standard InChI is InChI=1S/C27H33F3N4O3/c1-4-12-33-21-16-34(20(15-17(2)3)24(35)32-13-8-5-9-14-32)25(36)22(21)23(31-26(33)37)18-10-6-7-11-19(18)27(28,29)30/h4,6-7,10-11,17,20,23H,1,5,8-9,12-16H2,2-3H3,(H,31,37)/t20-,23-/m1/s1. The van der Waals surface area contributed by atoms with Crippen LogP contribution in [-0.4, -0.2) is 64.8 Å². The van der Waals surface area contributed by atoms with Gasteiger partial charge >= 0.3 is 12.2 Å². The fourth-order valence-electron chi connectivity index (χ4n) is 5.46. The Kier molecular flexibility index (Phi) is 7.66. The summed E-state index contributed by atoms with van der Waals surface area (Å²) in [5, 5.41) is 2.61. The van der Waals surface area contributed by atoms with E-state index in [1.54, 1.807) is 4.90 Å². The molecule has 200 valence electrons. The zero-order valence-electron chi connectivity index (χ0n) is 21.2. The number of hydrogen-bond acceptors (Lipinski definition) is 3. The van der Waals surface area contributed by atoms with Gasteiger partial charge in [0.15, 0.2) is 0 Å². The van der Waals surface area contributed by atoms with Gasteiger partial charge in [-0.3, -0.25) is 14.5 Å². The highest BCUT2D eigenvalue weighted by Gasteiger charge is 2.49. The molecule has 0 aromatic heterocycles. The SMILES string of the molecule is C=CCN1C(=O)N[C@H](c2ccccc2C(F)(F)F)C2=C1CN([C@H](CC(C)C)C(=O)N1CCCCC1)C2=O. The average molecular weight is 519 g/mol. The van der Waals surface area contributed by atoms with E-state index in [9.17, 15) is 27.6 Å². The minimum atomic E-state index is -4.67. The number of alkyl halides is 3. The number of carbonyl (C=O) groups excluding carboxylic acids is 3. The fourth-order valence-corrected chi connectivity index (χ4v) is 5.46. The number of nitrogens with zero attached hydrogens (tertiary/aromatic N) is 3. The van der Waals surface area contributed by atoms with Gasteiger partial charge in [0.25, 0.3) is 5.91 Å². The highest BCUT2D eigenvalue weighted by atomic mass is 19.4. The largest absolute Gasteiger partial charge is 0.416 e. The fraction of sp³-hybridized carbons (Fsp3) is 0.519. The number of rotatable bonds is 7. The summed E-state index contributed by atoms with van der Waals surface area (Å²) in [5.41, 5.74) is -0.736. The highest BCUT2D eigenvalue weighted by molar-refractivity contribution is 6.03. The summed E-state index contributed by atoms with van der Waals surface area (Å²) in [4.78, 5) is 45.2. The van der Waals surface area contributed by atoms with Crippen molar-refractivity contribution in [2.45, 2.75) is 57.8 Å². The molecule has 1 N–H and O–H groups in total. The molecule has 0 spiro atoms. The molecular weight excluding hydrogens is 485 g/mol. The summed E-state index contributed by atoms with van der Waals surface area (Å²) in [6.07, 6.45) is 0.0587. The Balaban J connectivity index is 1.77. The predicted octanol–water partition coefficient (Wildman–Crippen LogP) is 4.48. The third-order valence-electron chi connectivity index (χ3n) is 7.16. The summed E-state index contributed by atoms with van der Waals surface area (Å²) < 4.78 is 41.7. The molecule has 0 bridgehead atoms. The summed E-state index contributed by atoms with van der Waals surface area (Å²) in [6, 6.07) is 2.27. The van der Waals surface area contributed by atoms with Gasteiger partial charge in [0.1, 0.15) is 6.04 Å². The van der Waals surface area contributed by atoms with Crippen molar-refractivity contribution in [1.82, 2.24) is 20.0 Å². The normalized spacial score (nSPS) is 21.4. The Morgan fingerprint density at radius 2 is 1.84 bits per heavy atom. The quantitative estimate of drug-likeness (QED) is 0.541. The average Bonchev–Trinajstić information content (AvgIpc) is 3.20. The summed E-state index contributed by atoms with van der Waals surface area (Å²) in [5.74, 6) is -0.583. The van der Waals surface area contributed by atoms with Crippen LogP contribution in [0.25, 0.3) is 0 Å². The number of benzene rings is 1. The molecule has 10 heteroatoms. The van der Waals surface area contributed by atoms with Crippen molar-refractivity contribution in [2.24, 2.45) is 5.92 Å². The molecule has 1 aromatic carbocycles. The van der Waals surface area contributed by atoms with Crippen LogP contribution in [0, 0.1) is 5.92 Å². The molecule has 4 amide bonds. The molecule has 3 heterocycles. The molecule has 2 atom stereocenters. The summed E-state index contributed by atoms with van der Waals surface area (Å²) in [6.45, 7) is 8.88. The molecule has 4 rings (SSSR count). The third kappa shape index (κ3) is 5.24. The van der Waals surface area contributed by atoms with Crippen LogP contribution in [0.4, 0.5) is 18.0 Å². The lowest BCUT2D eigenvalue weighted by Gasteiger charge is -2.35. The van der Waals surface area contributed by atoms with Crippen LogP contribution in [0.5, 0.6) is 0 Å². The second kappa shape index (κ2) is 10.6. The number of amides is 4. The van der Waals surface area contributed by atoms with E-state index < -0.39 is 35.8 Å². The first-order valence-electron chi connectivity index (χ1n) is 12.7. The molecule has 0 radical (unpaired) electrons. The van der Waals surface area contributed by atoms with Crippen LogP contribution in [0.15, 0.2) is 48.2 Å². The molecule has 37 heavy (non-hydrogen) atoms. The zero-order chi connectivity index (χ0) is 26.9. The zero-order valence-corrected chi connectivity index (χ0v) is 21.2. The first kappa shape index (κ1) is 26.8. The lowest BCUT2D eigenvalue weighted by Crippen LogP contribution is -2.51. The van der Waals surface area contributed by atoms with Crippen molar-refractivity contribution < 1.29 is 27.6 Å². The van der Waals surface area contributed by atoms with Gasteiger partial charge < -0.3 is 15.1 Å². The Hall–Kier alpha value is -3.30. The molecule has 1 aromatic rings. The molecular formula is C27H33F3N4O3. The topological polar surface area (TPSA) is 73.0 Å². The van der Waals surface area contributed by atoms with Gasteiger partial charge in [0.05, 0.1) is 29.4 Å². The Morgan fingerprint density at radius 1 is 1.16 bits per heavy atom. The van der Waals surface area contributed by atoms with Gasteiger partial charge in [-0.15, -0.1) is 6.58 Å². The van der Waals surface area contributed by atoms with E-state index >= 15 is 0 Å². The van der Waals surface area contributed by atoms with Gasteiger partial charge in [0.2, 0.25) is 5.91 Å². The lowest BCUT2D eigenvalue weighted by molar-refractivity contribution is -0.144. The van der Waals surface area contributed by atoms with Crippen molar-refractivity contribution in [3.05, 3.63) is 59.3 Å². The molecule has 0 unspecified atom stereocenters. The smallest absolute Gasteiger partial charge is 0.341 e. The first-order chi connectivity index (χ1) is 17.5. The van der Waals surface area contributed by atoms with E-state index in [2.05, 4.69) is 11.9 Å². The van der Waals surface area contributed by atoms with Gasteiger partial charge in [-0.2, -0.15) is 13.2 Å². The summed E-state index contributed by atoms with van der Waals surface area (Å²) in [7, 11) is 0. The van der Waals surface area contributed by atoms with Crippen LogP contribution in [0.3, 0.4) is 0 Å². The van der Waals surface area contributed by atoms with Gasteiger partial charge in [-0.05, 0) is 43.2 Å². The monoisotopic (exact) mass is 518 g/mol. The van der Waals surface area contributed by atoms with Crippen molar-refractivity contribution in [3.8, 4) is 0 Å². The van der Waals surface area contributed by atoms with E-state index in [1.807, 2.05) is 13.8 Å². The number of carbonyl (C=O) groups is 3. The van der Waals surface area contributed by atoms with Crippen molar-refractivity contribution in [2.75, 3.05) is 26.2 Å². The Morgan fingerprint density at radius 3 is 2.46 bits per heavy atom. The molecule has 3 aliphatic heterocycles. The van der Waals surface area contributed by atoms with Crippen LogP contribution in [0.1, 0.15) is 56.7 Å². The predicted molar refractivity (Wildman–Crippen MR) is 132 cm³/mol. The van der Waals surface area contributed by atoms with E-state index in [1.165, 1.54) is 34.1 Å². The Labute approximate surface area is 215 Å². The molecule has 3 aliphatic rings. The van der Waals surface area contributed by atoms with Crippen LogP contribution < -0.4 is 5.32 Å². The van der Waals surface area contributed by atoms with Gasteiger partial charge in [0, 0.05) is 19.6 Å². The maximum atomic E-state index is 14.0. The molecule has 1 saturated heterocycles. The van der Waals surface area contributed by atoms with E-state index in [0.717, 1.165) is 25.3 Å². The molecule has 1 fully saturated rings. The highest BCUT2D eigenvalue weighted by Crippen LogP contribution is 2.42. The number of hydrogen-bond donors (Lipinski definition) is 1. The van der Waals surface area contributed by atoms with Crippen molar-refractivity contribution in [3.63, 3.8) is 0 Å². The summed E-state index contributed by atoms with van der Waals surface area (Å²) >= 11 is 0.